The molecule has 2 heterocycles. The van der Waals surface area contributed by atoms with Crippen molar-refractivity contribution in [2.75, 3.05) is 0 Å². The molecule has 0 N–H and O–H groups in total. The first-order chi connectivity index (χ1) is 5.70. The van der Waals surface area contributed by atoms with Gasteiger partial charge in [-0.2, -0.15) is 0 Å². The second kappa shape index (κ2) is 2.42. The first kappa shape index (κ1) is 7.49. The van der Waals surface area contributed by atoms with Crippen molar-refractivity contribution in [3.05, 3.63) is 17.8 Å². The smallest absolute Gasteiger partial charge is 0.260 e. The first-order valence-corrected chi connectivity index (χ1v) is 3.89. The molecule has 12 heavy (non-hydrogen) atoms. The summed E-state index contributed by atoms with van der Waals surface area (Å²) >= 11 is 5.89. The van der Waals surface area contributed by atoms with E-state index < -0.39 is 0 Å². The lowest BCUT2D eigenvalue weighted by atomic mass is 10.5. The van der Waals surface area contributed by atoms with Gasteiger partial charge in [-0.05, 0) is 0 Å². The van der Waals surface area contributed by atoms with Crippen LogP contribution in [0.2, 0.25) is 5.15 Å². The molecule has 2 rings (SSSR count). The molecule has 0 spiro atoms. The summed E-state index contributed by atoms with van der Waals surface area (Å²) in [6.45, 7) is 0. The number of rotatable bonds is 0. The number of halogens is 1. The zero-order valence-corrected chi connectivity index (χ0v) is 7.58. The van der Waals surface area contributed by atoms with E-state index >= 15 is 0 Å². The summed E-state index contributed by atoms with van der Waals surface area (Å²) in [6.07, 6.45) is 3.37. The standard InChI is InChI=1S/C7H8ClN4/c1-11-4-12(2)7-5(11)6(8)9-3-10-7/h3-4H,1-2H3/q+1. The summed E-state index contributed by atoms with van der Waals surface area (Å²) < 4.78 is 3.81. The van der Waals surface area contributed by atoms with Crippen molar-refractivity contribution in [3.63, 3.8) is 0 Å². The van der Waals surface area contributed by atoms with Crippen LogP contribution in [-0.4, -0.2) is 14.5 Å². The van der Waals surface area contributed by atoms with Gasteiger partial charge in [-0.15, -0.1) is 0 Å². The Hall–Kier alpha value is -1.16. The molecule has 2 aromatic heterocycles. The largest absolute Gasteiger partial charge is 0.306 e. The van der Waals surface area contributed by atoms with Crippen LogP contribution in [-0.2, 0) is 14.1 Å². The minimum absolute atomic E-state index is 0.489. The first-order valence-electron chi connectivity index (χ1n) is 3.51. The lowest BCUT2D eigenvalue weighted by Crippen LogP contribution is -2.26. The molecule has 62 valence electrons. The highest BCUT2D eigenvalue weighted by Crippen LogP contribution is 2.14. The van der Waals surface area contributed by atoms with E-state index in [1.807, 2.05) is 29.6 Å². The average molecular weight is 184 g/mol. The van der Waals surface area contributed by atoms with Gasteiger partial charge in [-0.1, -0.05) is 16.6 Å². The van der Waals surface area contributed by atoms with Crippen molar-refractivity contribution in [2.24, 2.45) is 14.1 Å². The van der Waals surface area contributed by atoms with E-state index in [1.54, 1.807) is 0 Å². The predicted molar refractivity (Wildman–Crippen MR) is 44.7 cm³/mol. The van der Waals surface area contributed by atoms with Gasteiger partial charge < -0.3 is 0 Å². The van der Waals surface area contributed by atoms with Crippen LogP contribution in [0, 0.1) is 0 Å². The fourth-order valence-corrected chi connectivity index (χ4v) is 1.54. The third-order valence-electron chi connectivity index (χ3n) is 1.79. The van der Waals surface area contributed by atoms with Crippen LogP contribution in [0.4, 0.5) is 0 Å². The van der Waals surface area contributed by atoms with Crippen molar-refractivity contribution in [1.82, 2.24) is 14.5 Å². The Morgan fingerprint density at radius 1 is 1.50 bits per heavy atom. The summed E-state index contributed by atoms with van der Waals surface area (Å²) in [6, 6.07) is 0. The van der Waals surface area contributed by atoms with Crippen molar-refractivity contribution in [2.45, 2.75) is 0 Å². The number of aryl methyl sites for hydroxylation is 2. The zero-order valence-electron chi connectivity index (χ0n) is 6.82. The molecule has 5 heteroatoms. The molecule has 4 nitrogen and oxygen atoms in total. The minimum Gasteiger partial charge on any atom is -0.260 e. The molecule has 0 aliphatic carbocycles. The van der Waals surface area contributed by atoms with Crippen molar-refractivity contribution >= 4 is 22.8 Å². The van der Waals surface area contributed by atoms with E-state index in [0.29, 0.717) is 5.15 Å². The number of fused-ring (bicyclic) bond motifs is 1. The molecular weight excluding hydrogens is 176 g/mol. The predicted octanol–water partition coefficient (Wildman–Crippen LogP) is 0.446. The summed E-state index contributed by atoms with van der Waals surface area (Å²) in [4.78, 5) is 8.01. The van der Waals surface area contributed by atoms with Gasteiger partial charge in [0, 0.05) is 0 Å². The fourth-order valence-electron chi connectivity index (χ4n) is 1.28. The molecule has 0 radical (unpaired) electrons. The van der Waals surface area contributed by atoms with Crippen LogP contribution in [0.1, 0.15) is 0 Å². The maximum Gasteiger partial charge on any atom is 0.306 e. The highest BCUT2D eigenvalue weighted by atomic mass is 35.5. The van der Waals surface area contributed by atoms with E-state index in [1.165, 1.54) is 6.33 Å². The van der Waals surface area contributed by atoms with Gasteiger partial charge in [0.25, 0.3) is 0 Å². The normalized spacial score (nSPS) is 10.9. The van der Waals surface area contributed by atoms with Gasteiger partial charge >= 0.3 is 5.65 Å². The highest BCUT2D eigenvalue weighted by Gasteiger charge is 2.15. The van der Waals surface area contributed by atoms with E-state index in [9.17, 15) is 0 Å². The second-order valence-corrected chi connectivity index (χ2v) is 3.03. The Bertz CT molecular complexity index is 434. The number of nitrogens with zero attached hydrogens (tertiary/aromatic N) is 4. The van der Waals surface area contributed by atoms with Crippen LogP contribution >= 0.6 is 11.6 Å². The Kier molecular flexibility index (Phi) is 1.51. The van der Waals surface area contributed by atoms with Gasteiger partial charge in [-0.3, -0.25) is 4.57 Å². The van der Waals surface area contributed by atoms with Crippen LogP contribution in [0.3, 0.4) is 0 Å². The number of hydrogen-bond acceptors (Lipinski definition) is 2. The quantitative estimate of drug-likeness (QED) is 0.439. The Morgan fingerprint density at radius 3 is 2.92 bits per heavy atom. The van der Waals surface area contributed by atoms with Gasteiger partial charge in [0.1, 0.15) is 0 Å². The number of aromatic nitrogens is 4. The van der Waals surface area contributed by atoms with Crippen molar-refractivity contribution < 1.29 is 4.57 Å². The van der Waals surface area contributed by atoms with Crippen LogP contribution in [0.5, 0.6) is 0 Å². The third-order valence-corrected chi connectivity index (χ3v) is 2.07. The lowest BCUT2D eigenvalue weighted by Gasteiger charge is -1.87. The molecule has 0 amide bonds. The summed E-state index contributed by atoms with van der Waals surface area (Å²) in [5.74, 6) is 0. The van der Waals surface area contributed by atoms with Gasteiger partial charge in [0.15, 0.2) is 17.8 Å². The molecule has 0 saturated carbocycles. The maximum atomic E-state index is 5.89. The lowest BCUT2D eigenvalue weighted by molar-refractivity contribution is -0.647. The van der Waals surface area contributed by atoms with Crippen LogP contribution in [0.25, 0.3) is 11.2 Å². The van der Waals surface area contributed by atoms with Crippen LogP contribution < -0.4 is 4.57 Å². The maximum absolute atomic E-state index is 5.89. The Balaban J connectivity index is 2.99. The van der Waals surface area contributed by atoms with Crippen LogP contribution in [0.15, 0.2) is 12.7 Å². The summed E-state index contributed by atoms with van der Waals surface area (Å²) in [5.41, 5.74) is 1.71. The topological polar surface area (TPSA) is 34.6 Å². The summed E-state index contributed by atoms with van der Waals surface area (Å²) in [5, 5.41) is 0.489. The van der Waals surface area contributed by atoms with Gasteiger partial charge in [-0.25, -0.2) is 9.55 Å². The monoisotopic (exact) mass is 183 g/mol. The van der Waals surface area contributed by atoms with E-state index in [0.717, 1.165) is 11.2 Å². The molecule has 0 saturated heterocycles. The van der Waals surface area contributed by atoms with E-state index in [-0.39, 0.29) is 0 Å². The Labute approximate surface area is 74.4 Å². The molecule has 0 fully saturated rings. The molecule has 0 unspecified atom stereocenters. The fraction of sp³-hybridized carbons (Fsp3) is 0.286. The zero-order chi connectivity index (χ0) is 8.72. The molecule has 0 aliphatic heterocycles. The summed E-state index contributed by atoms with van der Waals surface area (Å²) in [7, 11) is 3.84. The third kappa shape index (κ3) is 0.881. The Morgan fingerprint density at radius 2 is 2.25 bits per heavy atom. The van der Waals surface area contributed by atoms with E-state index in [2.05, 4.69) is 9.97 Å². The molecule has 0 aliphatic rings. The molecule has 0 aromatic carbocycles. The second-order valence-electron chi connectivity index (χ2n) is 2.67. The highest BCUT2D eigenvalue weighted by molar-refractivity contribution is 6.33. The molecule has 0 atom stereocenters. The van der Waals surface area contributed by atoms with Crippen molar-refractivity contribution in [1.29, 1.82) is 0 Å². The number of hydrogen-bond donors (Lipinski definition) is 0. The molecule has 0 bridgehead atoms. The average Bonchev–Trinajstić information content (AvgIpc) is 2.29. The van der Waals surface area contributed by atoms with Crippen molar-refractivity contribution in [3.8, 4) is 0 Å². The van der Waals surface area contributed by atoms with Gasteiger partial charge in [0.05, 0.1) is 14.1 Å². The minimum atomic E-state index is 0.489. The number of imidazole rings is 1. The molecular formula is C7H8ClN4+. The van der Waals surface area contributed by atoms with Gasteiger partial charge in [0.2, 0.25) is 5.52 Å². The SMILES string of the molecule is Cn1c[n+](C)c2ncnc(Cl)c21. The molecule has 2 aromatic rings. The van der Waals surface area contributed by atoms with E-state index in [4.69, 9.17) is 11.6 Å².